The minimum absolute atomic E-state index is 0.000374. The molecular formula is C30H43BrClFN6O4. The fraction of sp³-hybridized carbons (Fsp3) is 0.633. The molecule has 13 heteroatoms. The number of carbonyl (C=O) groups is 2. The number of anilines is 3. The van der Waals surface area contributed by atoms with Gasteiger partial charge in [-0.25, -0.2) is 14.2 Å². The van der Waals surface area contributed by atoms with Crippen LogP contribution in [0.3, 0.4) is 0 Å². The number of nitrogens with one attached hydrogen (secondary N) is 1. The molecule has 10 nitrogen and oxygen atoms in total. The number of aromatic nitrogens is 1. The van der Waals surface area contributed by atoms with Crippen molar-refractivity contribution in [1.82, 2.24) is 14.8 Å². The maximum Gasteiger partial charge on any atom is 0.410 e. The van der Waals surface area contributed by atoms with Gasteiger partial charge in [0.25, 0.3) is 0 Å². The van der Waals surface area contributed by atoms with E-state index in [-0.39, 0.29) is 27.5 Å². The second kappa shape index (κ2) is 12.4. The summed E-state index contributed by atoms with van der Waals surface area (Å²) < 4.78 is 26.9. The lowest BCUT2D eigenvalue weighted by molar-refractivity contribution is -0.156. The predicted molar refractivity (Wildman–Crippen MR) is 172 cm³/mol. The minimum atomic E-state index is -0.691. The third kappa shape index (κ3) is 7.75. The minimum Gasteiger partial charge on any atom is -0.460 e. The maximum absolute atomic E-state index is 15.5. The van der Waals surface area contributed by atoms with Crippen molar-refractivity contribution in [2.75, 3.05) is 49.7 Å². The van der Waals surface area contributed by atoms with Crippen LogP contribution >= 0.6 is 27.5 Å². The van der Waals surface area contributed by atoms with Gasteiger partial charge >= 0.3 is 12.1 Å². The Labute approximate surface area is 266 Å². The fourth-order valence-corrected chi connectivity index (χ4v) is 5.87. The number of halogens is 3. The largest absolute Gasteiger partial charge is 0.460 e. The molecule has 2 saturated heterocycles. The van der Waals surface area contributed by atoms with E-state index in [1.165, 1.54) is 0 Å². The average Bonchev–Trinajstić information content (AvgIpc) is 2.82. The van der Waals surface area contributed by atoms with Crippen molar-refractivity contribution in [2.45, 2.75) is 90.1 Å². The van der Waals surface area contributed by atoms with E-state index in [1.807, 2.05) is 19.0 Å². The standard InChI is InChI=1S/C30H43BrClFN6O4/c1-29(2,3)42-21(40)12-17-11-16(9-10-39(17)28(41)43-30(4,5)6)35-26-19-13-20(32)22(31)23(33)25(19)36-27(24(26)34)38-14-18(15-38)37(7)8/h13,16-18H,9-12,14-15,34H2,1-8H3,(H,35,36)/t16-,17-/m0/s1. The highest BCUT2D eigenvalue weighted by Gasteiger charge is 2.38. The number of amides is 1. The molecule has 3 N–H and O–H groups in total. The van der Waals surface area contributed by atoms with Gasteiger partial charge in [-0.15, -0.1) is 0 Å². The Hall–Kier alpha value is -2.57. The molecule has 2 aliphatic rings. The first kappa shape index (κ1) is 33.3. The first-order valence-electron chi connectivity index (χ1n) is 14.5. The summed E-state index contributed by atoms with van der Waals surface area (Å²) >= 11 is 9.63. The molecule has 1 aromatic heterocycles. The van der Waals surface area contributed by atoms with Crippen molar-refractivity contribution in [3.63, 3.8) is 0 Å². The number of nitrogen functional groups attached to an aromatic ring is 1. The number of benzene rings is 1. The van der Waals surface area contributed by atoms with E-state index < -0.39 is 35.1 Å². The second-order valence-electron chi connectivity index (χ2n) is 13.6. The first-order chi connectivity index (χ1) is 19.8. The predicted octanol–water partition coefficient (Wildman–Crippen LogP) is 6.03. The van der Waals surface area contributed by atoms with E-state index >= 15 is 4.39 Å². The lowest BCUT2D eigenvalue weighted by Crippen LogP contribution is -2.58. The van der Waals surface area contributed by atoms with Gasteiger partial charge in [-0.1, -0.05) is 11.6 Å². The Morgan fingerprint density at radius 1 is 1.19 bits per heavy atom. The molecule has 2 fully saturated rings. The number of hydrogen-bond donors (Lipinski definition) is 2. The van der Waals surface area contributed by atoms with E-state index in [0.29, 0.717) is 61.1 Å². The second-order valence-corrected chi connectivity index (χ2v) is 14.8. The van der Waals surface area contributed by atoms with Crippen LogP contribution in [0.4, 0.5) is 26.4 Å². The SMILES string of the molecule is CN(C)C1CN(c2nc3c(F)c(Br)c(Cl)cc3c(N[C@H]3CCN(C(=O)OC(C)(C)C)[C@H](CC(=O)OC(C)(C)C)C3)c2N)C1. The monoisotopic (exact) mass is 684 g/mol. The quantitative estimate of drug-likeness (QED) is 0.278. The summed E-state index contributed by atoms with van der Waals surface area (Å²) in [5, 5.41) is 4.18. The third-order valence-corrected chi connectivity index (χ3v) is 8.84. The zero-order chi connectivity index (χ0) is 32.0. The van der Waals surface area contributed by atoms with Crippen LogP contribution in [0.25, 0.3) is 10.9 Å². The summed E-state index contributed by atoms with van der Waals surface area (Å²) in [6.45, 7) is 12.6. The molecule has 0 saturated carbocycles. The molecule has 2 aliphatic heterocycles. The number of piperidine rings is 1. The van der Waals surface area contributed by atoms with Gasteiger partial charge in [0.2, 0.25) is 0 Å². The van der Waals surface area contributed by atoms with E-state index in [1.54, 1.807) is 52.5 Å². The summed E-state index contributed by atoms with van der Waals surface area (Å²) in [7, 11) is 4.03. The van der Waals surface area contributed by atoms with Gasteiger partial charge in [-0.2, -0.15) is 0 Å². The van der Waals surface area contributed by atoms with Gasteiger partial charge in [-0.3, -0.25) is 4.79 Å². The molecular weight excluding hydrogens is 643 g/mol. The fourth-order valence-electron chi connectivity index (χ4n) is 5.38. The molecule has 2 atom stereocenters. The number of nitrogens with zero attached hydrogens (tertiary/aromatic N) is 4. The average molecular weight is 686 g/mol. The lowest BCUT2D eigenvalue weighted by Gasteiger charge is -2.44. The molecule has 238 valence electrons. The van der Waals surface area contributed by atoms with Gasteiger partial charge < -0.3 is 35.2 Å². The number of nitrogens with two attached hydrogens (primary N) is 1. The molecule has 4 rings (SSSR count). The Kier molecular flexibility index (Phi) is 9.64. The van der Waals surface area contributed by atoms with Crippen LogP contribution in [0.5, 0.6) is 0 Å². The molecule has 1 amide bonds. The number of rotatable bonds is 6. The van der Waals surface area contributed by atoms with E-state index in [2.05, 4.69) is 31.1 Å². The van der Waals surface area contributed by atoms with E-state index in [4.69, 9.17) is 26.8 Å². The van der Waals surface area contributed by atoms with Crippen LogP contribution in [-0.4, -0.2) is 89.9 Å². The van der Waals surface area contributed by atoms with Crippen LogP contribution < -0.4 is 16.0 Å². The normalized spacial score (nSPS) is 19.9. The number of carbonyl (C=O) groups excluding carboxylic acids is 2. The number of ether oxygens (including phenoxy) is 2. The van der Waals surface area contributed by atoms with Crippen LogP contribution in [-0.2, 0) is 14.3 Å². The molecule has 0 spiro atoms. The van der Waals surface area contributed by atoms with Crippen molar-refractivity contribution in [2.24, 2.45) is 0 Å². The number of esters is 1. The van der Waals surface area contributed by atoms with Crippen LogP contribution in [0.1, 0.15) is 60.8 Å². The van der Waals surface area contributed by atoms with Crippen molar-refractivity contribution >= 4 is 67.7 Å². The van der Waals surface area contributed by atoms with Crippen molar-refractivity contribution < 1.29 is 23.5 Å². The van der Waals surface area contributed by atoms with Gasteiger partial charge in [0.05, 0.1) is 27.3 Å². The van der Waals surface area contributed by atoms with Gasteiger partial charge in [-0.05, 0) is 90.5 Å². The van der Waals surface area contributed by atoms with Crippen molar-refractivity contribution in [3.05, 3.63) is 21.4 Å². The molecule has 3 heterocycles. The molecule has 0 unspecified atom stereocenters. The van der Waals surface area contributed by atoms with Crippen molar-refractivity contribution in [3.8, 4) is 0 Å². The zero-order valence-electron chi connectivity index (χ0n) is 26.2. The summed E-state index contributed by atoms with van der Waals surface area (Å²) in [5.41, 5.74) is 6.45. The molecule has 0 radical (unpaired) electrons. The van der Waals surface area contributed by atoms with E-state index in [0.717, 1.165) is 0 Å². The summed E-state index contributed by atoms with van der Waals surface area (Å²) in [5.74, 6) is -0.480. The molecule has 2 aromatic rings. The Balaban J connectivity index is 1.67. The number of fused-ring (bicyclic) bond motifs is 1. The Morgan fingerprint density at radius 2 is 1.81 bits per heavy atom. The Bertz CT molecular complexity index is 1390. The van der Waals surface area contributed by atoms with Crippen LogP contribution in [0, 0.1) is 5.82 Å². The summed E-state index contributed by atoms with van der Waals surface area (Å²) in [6.07, 6.45) is 0.472. The van der Waals surface area contributed by atoms with Crippen LogP contribution in [0.2, 0.25) is 5.02 Å². The third-order valence-electron chi connectivity index (χ3n) is 7.54. The first-order valence-corrected chi connectivity index (χ1v) is 15.7. The highest BCUT2D eigenvalue weighted by Crippen LogP contribution is 2.43. The highest BCUT2D eigenvalue weighted by molar-refractivity contribution is 9.10. The van der Waals surface area contributed by atoms with Crippen LogP contribution in [0.15, 0.2) is 10.5 Å². The lowest BCUT2D eigenvalue weighted by atomic mass is 9.94. The summed E-state index contributed by atoms with van der Waals surface area (Å²) in [4.78, 5) is 36.5. The number of likely N-dealkylation sites (tertiary alicyclic amines) is 1. The number of pyridine rings is 1. The van der Waals surface area contributed by atoms with Gasteiger partial charge in [0, 0.05) is 43.1 Å². The van der Waals surface area contributed by atoms with Gasteiger partial charge in [0.15, 0.2) is 11.6 Å². The smallest absolute Gasteiger partial charge is 0.410 e. The van der Waals surface area contributed by atoms with Gasteiger partial charge in [0.1, 0.15) is 16.7 Å². The maximum atomic E-state index is 15.5. The summed E-state index contributed by atoms with van der Waals surface area (Å²) in [6, 6.07) is 1.28. The zero-order valence-corrected chi connectivity index (χ0v) is 28.5. The topological polar surface area (TPSA) is 113 Å². The molecule has 1 aromatic carbocycles. The Morgan fingerprint density at radius 3 is 2.40 bits per heavy atom. The number of hydrogen-bond acceptors (Lipinski definition) is 9. The molecule has 43 heavy (non-hydrogen) atoms. The number of likely N-dealkylation sites (N-methyl/N-ethyl adjacent to an activating group) is 1. The molecule has 0 aliphatic carbocycles. The van der Waals surface area contributed by atoms with E-state index in [9.17, 15) is 9.59 Å². The molecule has 0 bridgehead atoms. The van der Waals surface area contributed by atoms with Crippen molar-refractivity contribution in [1.29, 1.82) is 0 Å². The highest BCUT2D eigenvalue weighted by atomic mass is 79.9.